The van der Waals surface area contributed by atoms with Gasteiger partial charge in [-0.3, -0.25) is 9.79 Å². The summed E-state index contributed by atoms with van der Waals surface area (Å²) < 4.78 is 5.50. The minimum absolute atomic E-state index is 0. The lowest BCUT2D eigenvalue weighted by molar-refractivity contribution is -0.148. The van der Waals surface area contributed by atoms with E-state index in [-0.39, 0.29) is 36.0 Å². The van der Waals surface area contributed by atoms with Crippen molar-refractivity contribution in [2.24, 2.45) is 4.99 Å². The average molecular weight is 514 g/mol. The Morgan fingerprint density at radius 3 is 2.48 bits per heavy atom. The summed E-state index contributed by atoms with van der Waals surface area (Å²) in [5, 5.41) is 6.85. The summed E-state index contributed by atoms with van der Waals surface area (Å²) in [5.74, 6) is 0.757. The molecule has 1 saturated heterocycles. The van der Waals surface area contributed by atoms with Crippen LogP contribution in [0.4, 0.5) is 5.69 Å². The van der Waals surface area contributed by atoms with Crippen molar-refractivity contribution in [3.63, 3.8) is 0 Å². The number of benzene rings is 1. The number of para-hydroxylation sites is 1. The predicted octanol–water partition coefficient (Wildman–Crippen LogP) is 3.70. The maximum atomic E-state index is 11.9. The van der Waals surface area contributed by atoms with Gasteiger partial charge in [-0.25, -0.2) is 0 Å². The van der Waals surface area contributed by atoms with E-state index in [1.165, 1.54) is 18.5 Å². The first-order valence-corrected chi connectivity index (χ1v) is 10.7. The summed E-state index contributed by atoms with van der Waals surface area (Å²) in [7, 11) is 1.79. The van der Waals surface area contributed by atoms with Gasteiger partial charge in [-0.2, -0.15) is 0 Å². The van der Waals surface area contributed by atoms with E-state index >= 15 is 0 Å². The number of rotatable bonds is 7. The van der Waals surface area contributed by atoms with Gasteiger partial charge in [0.15, 0.2) is 5.96 Å². The van der Waals surface area contributed by atoms with Crippen molar-refractivity contribution < 1.29 is 9.53 Å². The van der Waals surface area contributed by atoms with Gasteiger partial charge in [0.25, 0.3) is 0 Å². The zero-order chi connectivity index (χ0) is 19.6. The molecule has 2 aliphatic rings. The number of halogens is 1. The smallest absolute Gasteiger partial charge is 0.306 e. The van der Waals surface area contributed by atoms with Gasteiger partial charge >= 0.3 is 5.97 Å². The minimum Gasteiger partial charge on any atom is -0.462 e. The average Bonchev–Trinajstić information content (AvgIpc) is 3.24. The second kappa shape index (κ2) is 12.9. The first kappa shape index (κ1) is 23.8. The van der Waals surface area contributed by atoms with Gasteiger partial charge in [0, 0.05) is 44.8 Å². The molecule has 0 atom stereocenters. The SMILES string of the molecule is CN=C(NCCCC(=O)OC1CCCC1)NC1CCN(c2ccccc2)CC1.I. The van der Waals surface area contributed by atoms with E-state index in [2.05, 4.69) is 50.9 Å². The number of nitrogens with zero attached hydrogens (tertiary/aromatic N) is 2. The third kappa shape index (κ3) is 8.03. The van der Waals surface area contributed by atoms with Crippen LogP contribution < -0.4 is 15.5 Å². The van der Waals surface area contributed by atoms with Crippen molar-refractivity contribution in [1.82, 2.24) is 10.6 Å². The number of aliphatic imine (C=N–C) groups is 1. The van der Waals surface area contributed by atoms with E-state index in [0.29, 0.717) is 12.5 Å². The molecule has 0 unspecified atom stereocenters. The van der Waals surface area contributed by atoms with Crippen molar-refractivity contribution in [2.75, 3.05) is 31.6 Å². The molecule has 0 amide bonds. The standard InChI is InChI=1S/C22H34N4O2.HI/c1-23-22(24-15-7-12-21(27)28-20-10-5-6-11-20)25-18-13-16-26(17-14-18)19-8-3-2-4-9-19;/h2-4,8-9,18,20H,5-7,10-17H2,1H3,(H2,23,24,25);1H. The number of guanidine groups is 1. The quantitative estimate of drug-likeness (QED) is 0.191. The molecule has 7 heteroatoms. The van der Waals surface area contributed by atoms with E-state index in [1.54, 1.807) is 7.05 Å². The van der Waals surface area contributed by atoms with Crippen LogP contribution in [0.5, 0.6) is 0 Å². The largest absolute Gasteiger partial charge is 0.462 e. The lowest BCUT2D eigenvalue weighted by Crippen LogP contribution is -2.48. The predicted molar refractivity (Wildman–Crippen MR) is 129 cm³/mol. The van der Waals surface area contributed by atoms with Crippen LogP contribution in [-0.4, -0.2) is 50.8 Å². The first-order valence-electron chi connectivity index (χ1n) is 10.7. The number of hydrogen-bond donors (Lipinski definition) is 2. The molecule has 0 aromatic heterocycles. The molecule has 1 aliphatic carbocycles. The van der Waals surface area contributed by atoms with Gasteiger partial charge in [0.1, 0.15) is 6.10 Å². The summed E-state index contributed by atoms with van der Waals surface area (Å²) >= 11 is 0. The Morgan fingerprint density at radius 1 is 1.14 bits per heavy atom. The normalized spacial score (nSPS) is 18.2. The zero-order valence-electron chi connectivity index (χ0n) is 17.4. The topological polar surface area (TPSA) is 66.0 Å². The monoisotopic (exact) mass is 514 g/mol. The van der Waals surface area contributed by atoms with Crippen molar-refractivity contribution in [2.45, 2.75) is 63.5 Å². The van der Waals surface area contributed by atoms with Crippen molar-refractivity contribution in [1.29, 1.82) is 0 Å². The molecule has 0 bridgehead atoms. The molecule has 0 spiro atoms. The molecule has 29 heavy (non-hydrogen) atoms. The highest BCUT2D eigenvalue weighted by Gasteiger charge is 2.21. The molecule has 1 heterocycles. The fourth-order valence-electron chi connectivity index (χ4n) is 4.00. The highest BCUT2D eigenvalue weighted by molar-refractivity contribution is 14.0. The molecule has 2 fully saturated rings. The van der Waals surface area contributed by atoms with E-state index in [0.717, 1.165) is 57.7 Å². The number of piperidine rings is 1. The van der Waals surface area contributed by atoms with Crippen molar-refractivity contribution in [3.05, 3.63) is 30.3 Å². The summed E-state index contributed by atoms with van der Waals surface area (Å²) in [6.45, 7) is 2.82. The first-order chi connectivity index (χ1) is 13.7. The Hall–Kier alpha value is -1.51. The Labute approximate surface area is 191 Å². The molecule has 3 rings (SSSR count). The lowest BCUT2D eigenvalue weighted by Gasteiger charge is -2.34. The van der Waals surface area contributed by atoms with E-state index in [1.807, 2.05) is 0 Å². The van der Waals surface area contributed by atoms with Crippen molar-refractivity contribution >= 4 is 41.6 Å². The van der Waals surface area contributed by atoms with Crippen LogP contribution in [0.1, 0.15) is 51.4 Å². The van der Waals surface area contributed by atoms with E-state index in [9.17, 15) is 4.79 Å². The van der Waals surface area contributed by atoms with Crippen LogP contribution in [0.15, 0.2) is 35.3 Å². The van der Waals surface area contributed by atoms with Gasteiger partial charge in [-0.05, 0) is 57.1 Å². The molecular formula is C22H35IN4O2. The third-order valence-electron chi connectivity index (χ3n) is 5.63. The van der Waals surface area contributed by atoms with Gasteiger partial charge < -0.3 is 20.3 Å². The van der Waals surface area contributed by atoms with Crippen LogP contribution in [0.3, 0.4) is 0 Å². The number of carbonyl (C=O) groups excluding carboxylic acids is 1. The number of anilines is 1. The van der Waals surface area contributed by atoms with Crippen LogP contribution in [-0.2, 0) is 9.53 Å². The highest BCUT2D eigenvalue weighted by atomic mass is 127. The lowest BCUT2D eigenvalue weighted by atomic mass is 10.0. The van der Waals surface area contributed by atoms with Gasteiger partial charge in [-0.1, -0.05) is 18.2 Å². The van der Waals surface area contributed by atoms with Gasteiger partial charge in [-0.15, -0.1) is 24.0 Å². The summed E-state index contributed by atoms with van der Waals surface area (Å²) in [6.07, 6.45) is 8.00. The number of nitrogens with one attached hydrogen (secondary N) is 2. The van der Waals surface area contributed by atoms with Crippen molar-refractivity contribution in [3.8, 4) is 0 Å². The number of ether oxygens (including phenoxy) is 1. The Balaban J connectivity index is 0.00000300. The Kier molecular flexibility index (Phi) is 10.6. The van der Waals surface area contributed by atoms with Gasteiger partial charge in [0.05, 0.1) is 0 Å². The molecule has 162 valence electrons. The fraction of sp³-hybridized carbons (Fsp3) is 0.636. The van der Waals surface area contributed by atoms with E-state index < -0.39 is 0 Å². The maximum Gasteiger partial charge on any atom is 0.306 e. The Morgan fingerprint density at radius 2 is 1.83 bits per heavy atom. The number of hydrogen-bond acceptors (Lipinski definition) is 4. The second-order valence-electron chi connectivity index (χ2n) is 7.74. The van der Waals surface area contributed by atoms with Gasteiger partial charge in [0.2, 0.25) is 0 Å². The zero-order valence-corrected chi connectivity index (χ0v) is 19.8. The maximum absolute atomic E-state index is 11.9. The summed E-state index contributed by atoms with van der Waals surface area (Å²) in [6, 6.07) is 11.0. The molecule has 0 radical (unpaired) electrons. The highest BCUT2D eigenvalue weighted by Crippen LogP contribution is 2.21. The van der Waals surface area contributed by atoms with E-state index in [4.69, 9.17) is 4.74 Å². The molecular weight excluding hydrogens is 479 g/mol. The molecule has 6 nitrogen and oxygen atoms in total. The summed E-state index contributed by atoms with van der Waals surface area (Å²) in [4.78, 5) is 18.6. The number of carbonyl (C=O) groups is 1. The summed E-state index contributed by atoms with van der Waals surface area (Å²) in [5.41, 5.74) is 1.30. The molecule has 2 N–H and O–H groups in total. The molecule has 1 aromatic rings. The van der Waals surface area contributed by atoms with Crippen LogP contribution in [0, 0.1) is 0 Å². The minimum atomic E-state index is -0.0649. The molecule has 1 aromatic carbocycles. The second-order valence-corrected chi connectivity index (χ2v) is 7.74. The Bertz CT molecular complexity index is 627. The fourth-order valence-corrected chi connectivity index (χ4v) is 4.00. The molecule has 1 aliphatic heterocycles. The van der Waals surface area contributed by atoms with Crippen LogP contribution in [0.2, 0.25) is 0 Å². The number of esters is 1. The third-order valence-corrected chi connectivity index (χ3v) is 5.63. The molecule has 1 saturated carbocycles. The van der Waals surface area contributed by atoms with Crippen LogP contribution in [0.25, 0.3) is 0 Å². The van der Waals surface area contributed by atoms with Crippen LogP contribution >= 0.6 is 24.0 Å².